The molecule has 1 aromatic rings. The molecule has 1 amide bonds. The number of hydrogen-bond acceptors (Lipinski definition) is 4. The monoisotopic (exact) mass is 269 g/mol. The molecule has 0 aromatic heterocycles. The second kappa shape index (κ2) is 5.61. The number of fused-ring (bicyclic) bond motifs is 1. The van der Waals surface area contributed by atoms with Crippen molar-refractivity contribution in [3.8, 4) is 0 Å². The Kier molecular flexibility index (Phi) is 3.50. The number of hydrogen-bond donors (Lipinski definition) is 1. The number of allylic oxidation sites excluding steroid dienone is 1. The number of nitrogens with zero attached hydrogens (tertiary/aromatic N) is 2. The highest BCUT2D eigenvalue weighted by molar-refractivity contribution is 5.86. The van der Waals surface area contributed by atoms with Crippen LogP contribution in [0.5, 0.6) is 0 Å². The number of nitrogens with one attached hydrogen (secondary N) is 1. The minimum absolute atomic E-state index is 0.283. The standard InChI is InChI=1S/C15H15N3O2/c19-15(20-10-12-4-2-1-3-5-12)18-7-6-13-8-16-11-17-14(13)9-18/h1-6,8-9,17H,7,10-11H2. The van der Waals surface area contributed by atoms with E-state index in [1.165, 1.54) is 0 Å². The predicted molar refractivity (Wildman–Crippen MR) is 76.0 cm³/mol. The van der Waals surface area contributed by atoms with Gasteiger partial charge in [0.1, 0.15) is 13.3 Å². The van der Waals surface area contributed by atoms with Gasteiger partial charge in [-0.1, -0.05) is 36.4 Å². The van der Waals surface area contributed by atoms with Gasteiger partial charge in [-0.25, -0.2) is 4.79 Å². The number of rotatable bonds is 2. The summed E-state index contributed by atoms with van der Waals surface area (Å²) in [5.41, 5.74) is 2.90. The Hall–Kier alpha value is -2.56. The van der Waals surface area contributed by atoms with Crippen molar-refractivity contribution < 1.29 is 9.53 Å². The second-order valence-corrected chi connectivity index (χ2v) is 4.54. The van der Waals surface area contributed by atoms with E-state index in [0.29, 0.717) is 13.2 Å². The van der Waals surface area contributed by atoms with E-state index in [2.05, 4.69) is 10.3 Å². The normalized spacial score (nSPS) is 16.7. The second-order valence-electron chi connectivity index (χ2n) is 4.54. The molecule has 0 aliphatic carbocycles. The van der Waals surface area contributed by atoms with Gasteiger partial charge in [0.15, 0.2) is 0 Å². The molecule has 3 rings (SSSR count). The van der Waals surface area contributed by atoms with Gasteiger partial charge >= 0.3 is 6.09 Å². The van der Waals surface area contributed by atoms with Crippen molar-refractivity contribution in [1.29, 1.82) is 0 Å². The third-order valence-electron chi connectivity index (χ3n) is 3.13. The van der Waals surface area contributed by atoms with Crippen LogP contribution in [0.1, 0.15) is 5.56 Å². The van der Waals surface area contributed by atoms with Crippen molar-refractivity contribution in [2.75, 3.05) is 13.2 Å². The van der Waals surface area contributed by atoms with E-state index in [1.807, 2.05) is 42.6 Å². The van der Waals surface area contributed by atoms with Crippen LogP contribution in [-0.4, -0.2) is 30.4 Å². The van der Waals surface area contributed by atoms with Crippen LogP contribution in [0.2, 0.25) is 0 Å². The van der Waals surface area contributed by atoms with Crippen molar-refractivity contribution in [3.05, 3.63) is 59.4 Å². The summed E-state index contributed by atoms with van der Waals surface area (Å²) in [6, 6.07) is 9.64. The van der Waals surface area contributed by atoms with Crippen LogP contribution in [-0.2, 0) is 11.3 Å². The van der Waals surface area contributed by atoms with Crippen LogP contribution < -0.4 is 5.32 Å². The molecule has 0 saturated carbocycles. The maximum Gasteiger partial charge on any atom is 0.414 e. The van der Waals surface area contributed by atoms with Crippen LogP contribution in [0.3, 0.4) is 0 Å². The van der Waals surface area contributed by atoms with Gasteiger partial charge in [0.05, 0.1) is 5.70 Å². The Labute approximate surface area is 117 Å². The van der Waals surface area contributed by atoms with Gasteiger partial charge in [-0.15, -0.1) is 0 Å². The van der Waals surface area contributed by atoms with Gasteiger partial charge in [-0.3, -0.25) is 9.89 Å². The summed E-state index contributed by atoms with van der Waals surface area (Å²) in [7, 11) is 0. The lowest BCUT2D eigenvalue weighted by Crippen LogP contribution is -2.33. The molecule has 5 heteroatoms. The zero-order valence-corrected chi connectivity index (χ0v) is 11.0. The molecular weight excluding hydrogens is 254 g/mol. The lowest BCUT2D eigenvalue weighted by molar-refractivity contribution is 0.113. The molecule has 2 heterocycles. The summed E-state index contributed by atoms with van der Waals surface area (Å²) in [4.78, 5) is 17.7. The predicted octanol–water partition coefficient (Wildman–Crippen LogP) is 2.04. The highest BCUT2D eigenvalue weighted by atomic mass is 16.6. The molecule has 1 aromatic carbocycles. The molecule has 20 heavy (non-hydrogen) atoms. The summed E-state index contributed by atoms with van der Waals surface area (Å²) in [6.07, 6.45) is 5.19. The zero-order valence-electron chi connectivity index (χ0n) is 11.0. The third kappa shape index (κ3) is 2.71. The molecule has 1 N–H and O–H groups in total. The fourth-order valence-corrected chi connectivity index (χ4v) is 2.06. The summed E-state index contributed by atoms with van der Waals surface area (Å²) in [6.45, 7) is 1.32. The fourth-order valence-electron chi connectivity index (χ4n) is 2.06. The smallest absolute Gasteiger partial charge is 0.414 e. The molecule has 0 bridgehead atoms. The van der Waals surface area contributed by atoms with Crippen molar-refractivity contribution in [2.45, 2.75) is 6.61 Å². The lowest BCUT2D eigenvalue weighted by atomic mass is 10.1. The minimum atomic E-state index is -0.346. The van der Waals surface area contributed by atoms with Gasteiger partial charge in [0.25, 0.3) is 0 Å². The molecule has 0 radical (unpaired) electrons. The van der Waals surface area contributed by atoms with Gasteiger partial charge in [0.2, 0.25) is 0 Å². The first-order valence-corrected chi connectivity index (χ1v) is 6.46. The fraction of sp³-hybridized carbons (Fsp3) is 0.200. The van der Waals surface area contributed by atoms with E-state index in [4.69, 9.17) is 4.74 Å². The Morgan fingerprint density at radius 2 is 2.20 bits per heavy atom. The van der Waals surface area contributed by atoms with Crippen molar-refractivity contribution in [1.82, 2.24) is 10.2 Å². The molecule has 0 unspecified atom stereocenters. The molecule has 5 nitrogen and oxygen atoms in total. The largest absolute Gasteiger partial charge is 0.444 e. The maximum absolute atomic E-state index is 12.0. The van der Waals surface area contributed by atoms with E-state index in [9.17, 15) is 4.79 Å². The quantitative estimate of drug-likeness (QED) is 0.894. The van der Waals surface area contributed by atoms with E-state index in [0.717, 1.165) is 16.8 Å². The van der Waals surface area contributed by atoms with Gasteiger partial charge in [-0.2, -0.15) is 0 Å². The number of carbonyl (C=O) groups excluding carboxylic acids is 1. The maximum atomic E-state index is 12.0. The number of carbonyl (C=O) groups is 1. The average molecular weight is 269 g/mol. The van der Waals surface area contributed by atoms with Crippen LogP contribution in [0.15, 0.2) is 58.9 Å². The highest BCUT2D eigenvalue weighted by Gasteiger charge is 2.19. The Morgan fingerprint density at radius 1 is 1.35 bits per heavy atom. The first-order valence-electron chi connectivity index (χ1n) is 6.46. The summed E-state index contributed by atoms with van der Waals surface area (Å²) < 4.78 is 5.30. The Bertz CT molecular complexity index is 590. The van der Waals surface area contributed by atoms with Crippen LogP contribution in [0, 0.1) is 0 Å². The molecule has 2 aliphatic rings. The first kappa shape index (κ1) is 12.5. The van der Waals surface area contributed by atoms with E-state index >= 15 is 0 Å². The molecule has 102 valence electrons. The van der Waals surface area contributed by atoms with Crippen molar-refractivity contribution >= 4 is 12.3 Å². The summed E-state index contributed by atoms with van der Waals surface area (Å²) in [5.74, 6) is 0. The molecular formula is C15H15N3O2. The number of aliphatic imine (C=N–C) groups is 1. The molecule has 0 spiro atoms. The Morgan fingerprint density at radius 3 is 3.05 bits per heavy atom. The van der Waals surface area contributed by atoms with E-state index in [-0.39, 0.29) is 12.7 Å². The van der Waals surface area contributed by atoms with Gasteiger partial charge in [-0.05, 0) is 5.56 Å². The molecule has 0 saturated heterocycles. The topological polar surface area (TPSA) is 53.9 Å². The van der Waals surface area contributed by atoms with E-state index in [1.54, 1.807) is 11.1 Å². The summed E-state index contributed by atoms with van der Waals surface area (Å²) in [5, 5.41) is 3.13. The summed E-state index contributed by atoms with van der Waals surface area (Å²) >= 11 is 0. The van der Waals surface area contributed by atoms with Gasteiger partial charge < -0.3 is 10.1 Å². The number of benzene rings is 1. The minimum Gasteiger partial charge on any atom is -0.444 e. The number of ether oxygens (including phenoxy) is 1. The van der Waals surface area contributed by atoms with E-state index < -0.39 is 0 Å². The average Bonchev–Trinajstić information content (AvgIpc) is 2.53. The highest BCUT2D eigenvalue weighted by Crippen LogP contribution is 2.16. The lowest BCUT2D eigenvalue weighted by Gasteiger charge is -2.25. The van der Waals surface area contributed by atoms with Gasteiger partial charge in [0, 0.05) is 24.5 Å². The van der Waals surface area contributed by atoms with Crippen LogP contribution in [0.4, 0.5) is 4.79 Å². The SMILES string of the molecule is O=C(OCc1ccccc1)N1C=C2NCN=CC2=CC1. The molecule has 0 fully saturated rings. The zero-order chi connectivity index (χ0) is 13.8. The molecule has 2 aliphatic heterocycles. The first-order chi connectivity index (χ1) is 9.83. The van der Waals surface area contributed by atoms with Crippen LogP contribution in [0.25, 0.3) is 0 Å². The van der Waals surface area contributed by atoms with Crippen LogP contribution >= 0.6 is 0 Å². The number of amides is 1. The third-order valence-corrected chi connectivity index (χ3v) is 3.13. The molecule has 0 atom stereocenters. The van der Waals surface area contributed by atoms with Crippen molar-refractivity contribution in [2.24, 2.45) is 4.99 Å². The van der Waals surface area contributed by atoms with Crippen molar-refractivity contribution in [3.63, 3.8) is 0 Å². The Balaban J connectivity index is 1.60.